The summed E-state index contributed by atoms with van der Waals surface area (Å²) >= 11 is 0. The molecular weight excluding hydrogens is 534 g/mol. The van der Waals surface area contributed by atoms with Gasteiger partial charge < -0.3 is 9.64 Å². The highest BCUT2D eigenvalue weighted by molar-refractivity contribution is 6.27. The molecule has 2 heteroatoms. The van der Waals surface area contributed by atoms with Crippen molar-refractivity contribution in [2.24, 2.45) is 0 Å². The van der Waals surface area contributed by atoms with Gasteiger partial charge in [0.1, 0.15) is 11.8 Å². The molecule has 0 saturated carbocycles. The van der Waals surface area contributed by atoms with Gasteiger partial charge in [-0.15, -0.1) is 0 Å². The predicted molar refractivity (Wildman–Crippen MR) is 182 cm³/mol. The number of benzene rings is 8. The Balaban J connectivity index is 1.11. The molecule has 206 valence electrons. The Hall–Kier alpha value is -5.60. The lowest BCUT2D eigenvalue weighted by Crippen LogP contribution is -2.20. The molecule has 0 saturated heterocycles. The highest BCUT2D eigenvalue weighted by Crippen LogP contribution is 2.58. The molecule has 8 aromatic rings. The Morgan fingerprint density at radius 1 is 0.455 bits per heavy atom. The molecule has 0 fully saturated rings. The molecule has 2 aliphatic rings. The molecule has 2 aliphatic heterocycles. The summed E-state index contributed by atoms with van der Waals surface area (Å²) in [7, 11) is 0. The zero-order valence-electron chi connectivity index (χ0n) is 23.9. The van der Waals surface area contributed by atoms with Crippen LogP contribution in [0.4, 0.5) is 11.4 Å². The minimum absolute atomic E-state index is 0.00150. The molecule has 0 aromatic heterocycles. The Morgan fingerprint density at radius 2 is 1.02 bits per heavy atom. The van der Waals surface area contributed by atoms with Gasteiger partial charge >= 0.3 is 0 Å². The third-order valence-electron chi connectivity index (χ3n) is 9.77. The fourth-order valence-electron chi connectivity index (χ4n) is 7.83. The van der Waals surface area contributed by atoms with Crippen LogP contribution in [-0.4, -0.2) is 0 Å². The van der Waals surface area contributed by atoms with Crippen LogP contribution in [0.15, 0.2) is 152 Å². The van der Waals surface area contributed by atoms with Crippen molar-refractivity contribution >= 4 is 43.7 Å². The third kappa shape index (κ3) is 3.25. The number of hydrogen-bond acceptors (Lipinski definition) is 2. The van der Waals surface area contributed by atoms with Gasteiger partial charge in [0.05, 0.1) is 0 Å². The number of rotatable bonds is 3. The molecule has 2 heterocycles. The molecule has 0 radical (unpaired) electrons. The molecule has 0 spiro atoms. The average Bonchev–Trinajstić information content (AvgIpc) is 3.62. The van der Waals surface area contributed by atoms with Gasteiger partial charge in [-0.25, -0.2) is 0 Å². The van der Waals surface area contributed by atoms with Gasteiger partial charge in [-0.1, -0.05) is 127 Å². The summed E-state index contributed by atoms with van der Waals surface area (Å²) in [6.07, 6.45) is 0.00150. The van der Waals surface area contributed by atoms with Crippen LogP contribution in [0.1, 0.15) is 23.3 Å². The van der Waals surface area contributed by atoms with Gasteiger partial charge in [0, 0.05) is 22.5 Å². The zero-order chi connectivity index (χ0) is 28.8. The number of nitrogens with zero attached hydrogens (tertiary/aromatic N) is 1. The largest absolute Gasteiger partial charge is 0.483 e. The predicted octanol–water partition coefficient (Wildman–Crippen LogP) is 11.2. The Morgan fingerprint density at radius 3 is 1.73 bits per heavy atom. The van der Waals surface area contributed by atoms with Crippen LogP contribution in [0.3, 0.4) is 0 Å². The fraction of sp³-hybridized carbons (Fsp3) is 0.0476. The van der Waals surface area contributed by atoms with Crippen molar-refractivity contribution in [3.8, 4) is 28.0 Å². The summed E-state index contributed by atoms with van der Waals surface area (Å²) in [6.45, 7) is 0. The number of ether oxygens (including phenoxy) is 1. The highest BCUT2D eigenvalue weighted by Gasteiger charge is 2.47. The summed E-state index contributed by atoms with van der Waals surface area (Å²) in [5.41, 5.74) is 9.92. The summed E-state index contributed by atoms with van der Waals surface area (Å²) in [4.78, 5) is 2.46. The van der Waals surface area contributed by atoms with Crippen molar-refractivity contribution in [2.45, 2.75) is 12.1 Å². The maximum Gasteiger partial charge on any atom is 0.151 e. The van der Waals surface area contributed by atoms with Crippen molar-refractivity contribution in [1.82, 2.24) is 0 Å². The summed E-state index contributed by atoms with van der Waals surface area (Å²) in [5, 5.41) is 7.86. The minimum atomic E-state index is 0.00150. The maximum atomic E-state index is 6.50. The van der Waals surface area contributed by atoms with Crippen molar-refractivity contribution < 1.29 is 4.74 Å². The Kier molecular flexibility index (Phi) is 4.86. The molecule has 0 amide bonds. The topological polar surface area (TPSA) is 12.5 Å². The van der Waals surface area contributed by atoms with E-state index in [0.717, 1.165) is 5.75 Å². The van der Waals surface area contributed by atoms with Crippen molar-refractivity contribution in [1.29, 1.82) is 0 Å². The van der Waals surface area contributed by atoms with Gasteiger partial charge in [0.15, 0.2) is 6.10 Å². The second-order valence-corrected chi connectivity index (χ2v) is 12.0. The van der Waals surface area contributed by atoms with E-state index in [-0.39, 0.29) is 12.1 Å². The van der Waals surface area contributed by atoms with Crippen molar-refractivity contribution in [2.75, 3.05) is 4.90 Å². The molecule has 8 aromatic carbocycles. The second-order valence-electron chi connectivity index (χ2n) is 12.0. The first-order valence-electron chi connectivity index (χ1n) is 15.3. The van der Waals surface area contributed by atoms with Gasteiger partial charge in [0.25, 0.3) is 0 Å². The molecule has 0 N–H and O–H groups in total. The van der Waals surface area contributed by atoms with Gasteiger partial charge in [0.2, 0.25) is 0 Å². The van der Waals surface area contributed by atoms with E-state index in [1.54, 1.807) is 0 Å². The summed E-state index contributed by atoms with van der Waals surface area (Å²) in [6, 6.07) is 55.4. The summed E-state index contributed by atoms with van der Waals surface area (Å²) < 4.78 is 6.50. The Labute approximate surface area is 255 Å². The fourth-order valence-corrected chi connectivity index (χ4v) is 7.83. The minimum Gasteiger partial charge on any atom is -0.483 e. The first-order chi connectivity index (χ1) is 21.8. The van der Waals surface area contributed by atoms with E-state index in [2.05, 4.69) is 157 Å². The molecule has 2 nitrogen and oxygen atoms in total. The lowest BCUT2D eigenvalue weighted by atomic mass is 9.87. The zero-order valence-corrected chi connectivity index (χ0v) is 23.9. The number of anilines is 2. The lowest BCUT2D eigenvalue weighted by molar-refractivity contribution is 0.223. The smallest absolute Gasteiger partial charge is 0.151 e. The van der Waals surface area contributed by atoms with Crippen LogP contribution in [0.25, 0.3) is 54.6 Å². The molecule has 2 atom stereocenters. The van der Waals surface area contributed by atoms with E-state index in [4.69, 9.17) is 4.74 Å². The van der Waals surface area contributed by atoms with Gasteiger partial charge in [-0.05, 0) is 78.8 Å². The van der Waals surface area contributed by atoms with E-state index >= 15 is 0 Å². The number of fused-ring (bicyclic) bond motifs is 5. The van der Waals surface area contributed by atoms with Gasteiger partial charge in [-0.2, -0.15) is 0 Å². The average molecular weight is 562 g/mol. The summed E-state index contributed by atoms with van der Waals surface area (Å²) in [5.74, 6) is 0.989. The quantitative estimate of drug-likeness (QED) is 0.199. The molecule has 44 heavy (non-hydrogen) atoms. The standard InChI is InChI=1S/C42H27NO/c1-2-8-26(9-3-1)31-22-16-28-19-25-34-32(23-17-29-18-24-33(31)39(28)40(29)34)27-14-20-30(21-15-27)43-37-12-6-4-10-35(37)42-41(43)36-11-5-7-13-38(36)44-42/h1-25,41-42H. The number of hydrogen-bond donors (Lipinski definition) is 0. The van der Waals surface area contributed by atoms with E-state index in [1.165, 1.54) is 77.1 Å². The van der Waals surface area contributed by atoms with Crippen LogP contribution in [0.2, 0.25) is 0 Å². The highest BCUT2D eigenvalue weighted by atomic mass is 16.5. The van der Waals surface area contributed by atoms with Crippen LogP contribution < -0.4 is 9.64 Å². The van der Waals surface area contributed by atoms with Crippen LogP contribution >= 0.6 is 0 Å². The van der Waals surface area contributed by atoms with Crippen molar-refractivity contribution in [3.05, 3.63) is 163 Å². The second kappa shape index (κ2) is 8.95. The molecule has 0 bridgehead atoms. The SMILES string of the molecule is c1ccc(-c2ccc3ccc4c(-c5ccc(N6c7ccccc7C7Oc8ccccc8C76)cc5)ccc5ccc2c3c54)cc1. The normalized spacial score (nSPS) is 16.8. The molecular formula is C42H27NO. The van der Waals surface area contributed by atoms with E-state index in [9.17, 15) is 0 Å². The van der Waals surface area contributed by atoms with E-state index in [1.807, 2.05) is 0 Å². The Bertz CT molecular complexity index is 2370. The van der Waals surface area contributed by atoms with Gasteiger partial charge in [-0.3, -0.25) is 0 Å². The first-order valence-corrected chi connectivity index (χ1v) is 15.3. The van der Waals surface area contributed by atoms with Crippen LogP contribution in [-0.2, 0) is 0 Å². The monoisotopic (exact) mass is 561 g/mol. The lowest BCUT2D eigenvalue weighted by Gasteiger charge is -2.27. The van der Waals surface area contributed by atoms with Crippen LogP contribution in [0, 0.1) is 0 Å². The maximum absolute atomic E-state index is 6.50. The number of para-hydroxylation sites is 2. The first kappa shape index (κ1) is 23.9. The third-order valence-corrected chi connectivity index (χ3v) is 9.77. The molecule has 10 rings (SSSR count). The van der Waals surface area contributed by atoms with Crippen LogP contribution in [0.5, 0.6) is 5.75 Å². The van der Waals surface area contributed by atoms with E-state index < -0.39 is 0 Å². The van der Waals surface area contributed by atoms with E-state index in [0.29, 0.717) is 0 Å². The molecule has 0 aliphatic carbocycles. The van der Waals surface area contributed by atoms with Crippen molar-refractivity contribution in [3.63, 3.8) is 0 Å². The molecule has 2 unspecified atom stereocenters.